The lowest BCUT2D eigenvalue weighted by Gasteiger charge is -2.10. The van der Waals surface area contributed by atoms with E-state index in [0.717, 1.165) is 10.5 Å². The number of rotatable bonds is 7. The van der Waals surface area contributed by atoms with Crippen LogP contribution >= 0.6 is 11.8 Å². The predicted octanol–water partition coefficient (Wildman–Crippen LogP) is 5.08. The summed E-state index contributed by atoms with van der Waals surface area (Å²) in [4.78, 5) is 22.3. The van der Waals surface area contributed by atoms with Gasteiger partial charge in [-0.25, -0.2) is 9.97 Å². The number of nitrogens with one attached hydrogen (secondary N) is 1. The zero-order chi connectivity index (χ0) is 22.5. The van der Waals surface area contributed by atoms with E-state index in [9.17, 15) is 4.79 Å². The number of hydrogen-bond donors (Lipinski definition) is 1. The molecule has 3 aromatic carbocycles. The third kappa shape index (κ3) is 5.07. The van der Waals surface area contributed by atoms with Crippen LogP contribution in [0.2, 0.25) is 0 Å². The fourth-order valence-electron chi connectivity index (χ4n) is 3.17. The molecule has 0 atom stereocenters. The number of carbonyl (C=O) groups is 1. The number of hydrogen-bond acceptors (Lipinski definition) is 7. The molecule has 33 heavy (non-hydrogen) atoms. The zero-order valence-electron chi connectivity index (χ0n) is 17.4. The molecule has 5 rings (SSSR count). The Hall–Kier alpha value is -4.04. The van der Waals surface area contributed by atoms with Crippen molar-refractivity contribution < 1.29 is 19.0 Å². The maximum atomic E-state index is 12.5. The molecule has 2 heterocycles. The van der Waals surface area contributed by atoms with Crippen molar-refractivity contribution >= 4 is 17.7 Å². The van der Waals surface area contributed by atoms with Gasteiger partial charge in [0.1, 0.15) is 5.75 Å². The molecule has 0 fully saturated rings. The number of ether oxygens (including phenoxy) is 3. The first-order valence-electron chi connectivity index (χ1n) is 10.2. The lowest BCUT2D eigenvalue weighted by Crippen LogP contribution is -2.22. The number of amides is 1. The first-order valence-corrected chi connectivity index (χ1v) is 11.0. The van der Waals surface area contributed by atoms with Gasteiger partial charge in [0.15, 0.2) is 16.5 Å². The maximum Gasteiger partial charge on any atom is 0.252 e. The summed E-state index contributed by atoms with van der Waals surface area (Å²) in [6.45, 7) is 0.605. The second-order valence-corrected chi connectivity index (χ2v) is 8.14. The van der Waals surface area contributed by atoms with Gasteiger partial charge < -0.3 is 19.5 Å². The SMILES string of the molecule is O=C(NCc1ccc2c(c1)OCO2)c1ccc(Oc2nccnc2Sc2ccccc2)cc1. The molecule has 164 valence electrons. The fourth-order valence-corrected chi connectivity index (χ4v) is 3.99. The quantitative estimate of drug-likeness (QED) is 0.414. The van der Waals surface area contributed by atoms with Crippen molar-refractivity contribution in [3.05, 3.63) is 96.3 Å². The molecule has 1 aliphatic rings. The van der Waals surface area contributed by atoms with Crippen LogP contribution in [0.1, 0.15) is 15.9 Å². The van der Waals surface area contributed by atoms with Crippen molar-refractivity contribution in [1.82, 2.24) is 15.3 Å². The van der Waals surface area contributed by atoms with Crippen LogP contribution in [0.5, 0.6) is 23.1 Å². The molecule has 0 saturated heterocycles. The number of fused-ring (bicyclic) bond motifs is 1. The summed E-state index contributed by atoms with van der Waals surface area (Å²) in [5.74, 6) is 2.20. The molecular formula is C25H19N3O4S. The molecule has 1 aromatic heterocycles. The summed E-state index contributed by atoms with van der Waals surface area (Å²) in [6, 6.07) is 22.4. The first kappa shape index (κ1) is 20.8. The smallest absolute Gasteiger partial charge is 0.252 e. The summed E-state index contributed by atoms with van der Waals surface area (Å²) in [7, 11) is 0. The standard InChI is InChI=1S/C25H19N3O4S/c29-23(28-15-17-6-11-21-22(14-17)31-16-30-21)18-7-9-19(10-8-18)32-24-25(27-13-12-26-24)33-20-4-2-1-3-5-20/h1-14H,15-16H2,(H,28,29). The molecule has 0 radical (unpaired) electrons. The maximum absolute atomic E-state index is 12.5. The minimum atomic E-state index is -0.181. The van der Waals surface area contributed by atoms with Crippen LogP contribution in [0, 0.1) is 0 Å². The average molecular weight is 458 g/mol. The Morgan fingerprint density at radius 1 is 0.939 bits per heavy atom. The topological polar surface area (TPSA) is 82.6 Å². The Morgan fingerprint density at radius 2 is 1.73 bits per heavy atom. The Balaban J connectivity index is 1.21. The number of aromatic nitrogens is 2. The predicted molar refractivity (Wildman–Crippen MR) is 123 cm³/mol. The summed E-state index contributed by atoms with van der Waals surface area (Å²) < 4.78 is 16.6. The highest BCUT2D eigenvalue weighted by Crippen LogP contribution is 2.34. The van der Waals surface area contributed by atoms with Gasteiger partial charge in [-0.2, -0.15) is 0 Å². The van der Waals surface area contributed by atoms with Crippen LogP contribution < -0.4 is 19.5 Å². The third-order valence-corrected chi connectivity index (χ3v) is 5.79. The van der Waals surface area contributed by atoms with Crippen molar-refractivity contribution in [3.63, 3.8) is 0 Å². The molecule has 7 nitrogen and oxygen atoms in total. The summed E-state index contributed by atoms with van der Waals surface area (Å²) in [5, 5.41) is 3.57. The van der Waals surface area contributed by atoms with Gasteiger partial charge in [0.05, 0.1) is 0 Å². The molecule has 0 unspecified atom stereocenters. The molecule has 1 N–H and O–H groups in total. The Kier molecular flexibility index (Phi) is 6.08. The normalized spacial score (nSPS) is 11.8. The van der Waals surface area contributed by atoms with E-state index in [1.165, 1.54) is 11.8 Å². The monoisotopic (exact) mass is 457 g/mol. The first-order chi connectivity index (χ1) is 16.2. The van der Waals surface area contributed by atoms with E-state index < -0.39 is 0 Å². The molecule has 0 bridgehead atoms. The number of carbonyl (C=O) groups excluding carboxylic acids is 1. The van der Waals surface area contributed by atoms with Crippen molar-refractivity contribution in [1.29, 1.82) is 0 Å². The van der Waals surface area contributed by atoms with E-state index in [1.807, 2.05) is 48.5 Å². The molecule has 8 heteroatoms. The summed E-state index contributed by atoms with van der Waals surface area (Å²) in [5.41, 5.74) is 1.46. The van der Waals surface area contributed by atoms with Gasteiger partial charge in [-0.05, 0) is 54.1 Å². The molecular weight excluding hydrogens is 438 g/mol. The van der Waals surface area contributed by atoms with E-state index in [2.05, 4.69) is 15.3 Å². The zero-order valence-corrected chi connectivity index (χ0v) is 18.2. The highest BCUT2D eigenvalue weighted by atomic mass is 32.2. The lowest BCUT2D eigenvalue weighted by molar-refractivity contribution is 0.0951. The number of nitrogens with zero attached hydrogens (tertiary/aromatic N) is 2. The van der Waals surface area contributed by atoms with Gasteiger partial charge in [0.25, 0.3) is 11.8 Å². The van der Waals surface area contributed by atoms with E-state index in [1.54, 1.807) is 36.7 Å². The third-order valence-electron chi connectivity index (χ3n) is 4.81. The number of benzene rings is 3. The van der Waals surface area contributed by atoms with Crippen LogP contribution in [-0.4, -0.2) is 22.7 Å². The summed E-state index contributed by atoms with van der Waals surface area (Å²) >= 11 is 1.47. The highest BCUT2D eigenvalue weighted by molar-refractivity contribution is 7.99. The summed E-state index contributed by atoms with van der Waals surface area (Å²) in [6.07, 6.45) is 3.22. The second-order valence-electron chi connectivity index (χ2n) is 7.08. The molecule has 0 spiro atoms. The van der Waals surface area contributed by atoms with E-state index in [4.69, 9.17) is 14.2 Å². The van der Waals surface area contributed by atoms with Gasteiger partial charge in [-0.3, -0.25) is 4.79 Å². The van der Waals surface area contributed by atoms with Crippen molar-refractivity contribution in [2.24, 2.45) is 0 Å². The second kappa shape index (κ2) is 9.62. The van der Waals surface area contributed by atoms with Gasteiger partial charge in [0.2, 0.25) is 6.79 Å². The van der Waals surface area contributed by atoms with Crippen LogP contribution in [-0.2, 0) is 6.54 Å². The Bertz CT molecular complexity index is 1270. The largest absolute Gasteiger partial charge is 0.454 e. The minimum absolute atomic E-state index is 0.181. The van der Waals surface area contributed by atoms with Crippen LogP contribution in [0.3, 0.4) is 0 Å². The fraction of sp³-hybridized carbons (Fsp3) is 0.0800. The molecule has 1 aliphatic heterocycles. The lowest BCUT2D eigenvalue weighted by atomic mass is 10.1. The van der Waals surface area contributed by atoms with Gasteiger partial charge in [-0.1, -0.05) is 36.0 Å². The van der Waals surface area contributed by atoms with Crippen LogP contribution in [0.25, 0.3) is 0 Å². The molecule has 1 amide bonds. The van der Waals surface area contributed by atoms with E-state index >= 15 is 0 Å². The highest BCUT2D eigenvalue weighted by Gasteiger charge is 2.14. The molecule has 4 aromatic rings. The van der Waals surface area contributed by atoms with Crippen LogP contribution in [0.15, 0.2) is 95.1 Å². The molecule has 0 aliphatic carbocycles. The Labute approximate surface area is 194 Å². The van der Waals surface area contributed by atoms with Crippen LogP contribution in [0.4, 0.5) is 0 Å². The average Bonchev–Trinajstić information content (AvgIpc) is 3.33. The van der Waals surface area contributed by atoms with Crippen molar-refractivity contribution in [3.8, 4) is 23.1 Å². The Morgan fingerprint density at radius 3 is 2.58 bits per heavy atom. The van der Waals surface area contributed by atoms with Gasteiger partial charge in [-0.15, -0.1) is 0 Å². The molecule has 0 saturated carbocycles. The van der Waals surface area contributed by atoms with Crippen molar-refractivity contribution in [2.45, 2.75) is 16.5 Å². The van der Waals surface area contributed by atoms with E-state index in [0.29, 0.717) is 40.3 Å². The van der Waals surface area contributed by atoms with Gasteiger partial charge in [0, 0.05) is 29.4 Å². The van der Waals surface area contributed by atoms with Crippen molar-refractivity contribution in [2.75, 3.05) is 6.79 Å². The van der Waals surface area contributed by atoms with Gasteiger partial charge >= 0.3 is 0 Å². The van der Waals surface area contributed by atoms with E-state index in [-0.39, 0.29) is 12.7 Å². The minimum Gasteiger partial charge on any atom is -0.454 e.